The fourth-order valence-corrected chi connectivity index (χ4v) is 1.75. The van der Waals surface area contributed by atoms with Crippen LogP contribution in [-0.2, 0) is 16.0 Å². The average molecular weight is 293 g/mol. The van der Waals surface area contributed by atoms with Crippen molar-refractivity contribution in [3.05, 3.63) is 29.8 Å². The highest BCUT2D eigenvalue weighted by Gasteiger charge is 2.34. The van der Waals surface area contributed by atoms with Gasteiger partial charge < -0.3 is 14.7 Å². The standard InChI is InChI=1S/C16H23NO4/c1-11(2)21-13-8-6-7-12(9-13)10-14(18)17(5)16(3,4)15(19)20/h6-9,11H,10H2,1-5H3,(H,19,20). The molecule has 5 heteroatoms. The number of hydrogen-bond acceptors (Lipinski definition) is 3. The van der Waals surface area contributed by atoms with E-state index >= 15 is 0 Å². The number of carboxylic acid groups (broad SMARTS) is 1. The van der Waals surface area contributed by atoms with E-state index in [4.69, 9.17) is 9.84 Å². The number of amides is 1. The van der Waals surface area contributed by atoms with Crippen LogP contribution >= 0.6 is 0 Å². The Balaban J connectivity index is 2.81. The molecule has 0 heterocycles. The largest absolute Gasteiger partial charge is 0.491 e. The van der Waals surface area contributed by atoms with Gasteiger partial charge in [-0.15, -0.1) is 0 Å². The highest BCUT2D eigenvalue weighted by atomic mass is 16.5. The van der Waals surface area contributed by atoms with Gasteiger partial charge in [0, 0.05) is 7.05 Å². The Morgan fingerprint density at radius 1 is 1.33 bits per heavy atom. The fourth-order valence-electron chi connectivity index (χ4n) is 1.75. The van der Waals surface area contributed by atoms with Gasteiger partial charge in [0.15, 0.2) is 0 Å². The summed E-state index contributed by atoms with van der Waals surface area (Å²) in [6, 6.07) is 7.29. The van der Waals surface area contributed by atoms with Gasteiger partial charge in [0.05, 0.1) is 12.5 Å². The van der Waals surface area contributed by atoms with Crippen LogP contribution in [-0.4, -0.2) is 40.6 Å². The second kappa shape index (κ2) is 6.61. The van der Waals surface area contributed by atoms with Gasteiger partial charge in [0.25, 0.3) is 0 Å². The van der Waals surface area contributed by atoms with Crippen LogP contribution in [0.15, 0.2) is 24.3 Å². The van der Waals surface area contributed by atoms with Gasteiger partial charge in [0.2, 0.25) is 5.91 Å². The van der Waals surface area contributed by atoms with Crippen molar-refractivity contribution < 1.29 is 19.4 Å². The lowest BCUT2D eigenvalue weighted by atomic mass is 10.0. The first kappa shape index (κ1) is 17.0. The summed E-state index contributed by atoms with van der Waals surface area (Å²) in [5, 5.41) is 9.16. The van der Waals surface area contributed by atoms with Crippen LogP contribution in [0.1, 0.15) is 33.3 Å². The molecule has 0 spiro atoms. The highest BCUT2D eigenvalue weighted by Crippen LogP contribution is 2.18. The third kappa shape index (κ3) is 4.48. The Kier molecular flexibility index (Phi) is 5.35. The number of carbonyl (C=O) groups is 2. The van der Waals surface area contributed by atoms with Crippen LogP contribution in [0, 0.1) is 0 Å². The third-order valence-corrected chi connectivity index (χ3v) is 3.36. The molecule has 0 atom stereocenters. The van der Waals surface area contributed by atoms with Crippen LogP contribution in [0.2, 0.25) is 0 Å². The van der Waals surface area contributed by atoms with E-state index in [0.717, 1.165) is 5.56 Å². The molecule has 21 heavy (non-hydrogen) atoms. The predicted molar refractivity (Wildman–Crippen MR) is 80.4 cm³/mol. The highest BCUT2D eigenvalue weighted by molar-refractivity contribution is 5.87. The van der Waals surface area contributed by atoms with E-state index in [1.807, 2.05) is 32.0 Å². The van der Waals surface area contributed by atoms with Crippen LogP contribution in [0.4, 0.5) is 0 Å². The molecule has 0 radical (unpaired) electrons. The lowest BCUT2D eigenvalue weighted by Crippen LogP contribution is -2.51. The summed E-state index contributed by atoms with van der Waals surface area (Å²) in [6.07, 6.45) is 0.201. The van der Waals surface area contributed by atoms with Gasteiger partial charge in [-0.25, -0.2) is 4.79 Å². The van der Waals surface area contributed by atoms with E-state index in [-0.39, 0.29) is 18.4 Å². The molecule has 5 nitrogen and oxygen atoms in total. The maximum absolute atomic E-state index is 12.2. The van der Waals surface area contributed by atoms with Crippen LogP contribution in [0.5, 0.6) is 5.75 Å². The van der Waals surface area contributed by atoms with E-state index in [1.165, 1.54) is 25.8 Å². The first-order valence-corrected chi connectivity index (χ1v) is 6.90. The molecule has 0 unspecified atom stereocenters. The number of ether oxygens (including phenoxy) is 1. The summed E-state index contributed by atoms with van der Waals surface area (Å²) in [6.45, 7) is 6.87. The maximum Gasteiger partial charge on any atom is 0.329 e. The van der Waals surface area contributed by atoms with Crippen LogP contribution in [0.25, 0.3) is 0 Å². The molecule has 1 rings (SSSR count). The number of carbonyl (C=O) groups excluding carboxylic acids is 1. The second-order valence-corrected chi connectivity index (χ2v) is 5.81. The number of nitrogens with zero attached hydrogens (tertiary/aromatic N) is 1. The van der Waals surface area contributed by atoms with Gasteiger partial charge in [0.1, 0.15) is 11.3 Å². The zero-order valence-corrected chi connectivity index (χ0v) is 13.2. The number of likely N-dealkylation sites (N-methyl/N-ethyl adjacent to an activating group) is 1. The monoisotopic (exact) mass is 293 g/mol. The van der Waals surface area contributed by atoms with Gasteiger partial charge in [-0.2, -0.15) is 0 Å². The molecule has 1 amide bonds. The van der Waals surface area contributed by atoms with Gasteiger partial charge in [-0.05, 0) is 45.4 Å². The second-order valence-electron chi connectivity index (χ2n) is 5.81. The van der Waals surface area contributed by atoms with E-state index in [9.17, 15) is 9.59 Å². The zero-order chi connectivity index (χ0) is 16.2. The SMILES string of the molecule is CC(C)Oc1cccc(CC(=O)N(C)C(C)(C)C(=O)O)c1. The van der Waals surface area contributed by atoms with Gasteiger partial charge in [-0.1, -0.05) is 12.1 Å². The molecule has 0 aliphatic carbocycles. The number of benzene rings is 1. The minimum Gasteiger partial charge on any atom is -0.491 e. The minimum atomic E-state index is -1.23. The molecule has 0 fully saturated rings. The van der Waals surface area contributed by atoms with E-state index in [1.54, 1.807) is 6.07 Å². The Bertz CT molecular complexity index is 523. The molecule has 0 aliphatic rings. The van der Waals surface area contributed by atoms with Gasteiger partial charge in [-0.3, -0.25) is 4.79 Å². The summed E-state index contributed by atoms with van der Waals surface area (Å²) in [5.41, 5.74) is -0.436. The molecule has 0 aromatic heterocycles. The zero-order valence-electron chi connectivity index (χ0n) is 13.2. The van der Waals surface area contributed by atoms with Crippen LogP contribution in [0.3, 0.4) is 0 Å². The molecule has 1 aromatic carbocycles. The summed E-state index contributed by atoms with van der Waals surface area (Å²) in [4.78, 5) is 24.7. The van der Waals surface area contributed by atoms with E-state index in [0.29, 0.717) is 5.75 Å². The van der Waals surface area contributed by atoms with Crippen molar-refractivity contribution in [2.75, 3.05) is 7.05 Å². The number of rotatable bonds is 6. The molecule has 1 N–H and O–H groups in total. The molecular formula is C16H23NO4. The average Bonchev–Trinajstić information content (AvgIpc) is 2.37. The Morgan fingerprint density at radius 2 is 1.95 bits per heavy atom. The van der Waals surface area contributed by atoms with Crippen molar-refractivity contribution in [2.45, 2.75) is 45.8 Å². The molecule has 0 bridgehead atoms. The Labute approximate surface area is 125 Å². The quantitative estimate of drug-likeness (QED) is 0.874. The topological polar surface area (TPSA) is 66.8 Å². The minimum absolute atomic E-state index is 0.0598. The third-order valence-electron chi connectivity index (χ3n) is 3.36. The Morgan fingerprint density at radius 3 is 2.48 bits per heavy atom. The van der Waals surface area contributed by atoms with Crippen molar-refractivity contribution in [3.63, 3.8) is 0 Å². The first-order valence-electron chi connectivity index (χ1n) is 6.90. The molecule has 0 saturated heterocycles. The normalized spacial score (nSPS) is 11.3. The smallest absolute Gasteiger partial charge is 0.329 e. The van der Waals surface area contributed by atoms with Crippen molar-refractivity contribution >= 4 is 11.9 Å². The number of hydrogen-bond donors (Lipinski definition) is 1. The predicted octanol–water partition coefficient (Wildman–Crippen LogP) is 2.34. The van der Waals surface area contributed by atoms with E-state index in [2.05, 4.69) is 0 Å². The lowest BCUT2D eigenvalue weighted by molar-refractivity contribution is -0.155. The molecular weight excluding hydrogens is 270 g/mol. The summed E-state index contributed by atoms with van der Waals surface area (Å²) in [5.74, 6) is -0.574. The summed E-state index contributed by atoms with van der Waals surface area (Å²) >= 11 is 0. The summed E-state index contributed by atoms with van der Waals surface area (Å²) in [7, 11) is 1.50. The van der Waals surface area contributed by atoms with Crippen molar-refractivity contribution in [1.82, 2.24) is 4.90 Å². The molecule has 0 saturated carbocycles. The number of aliphatic carboxylic acids is 1. The molecule has 0 aliphatic heterocycles. The number of carboxylic acids is 1. The van der Waals surface area contributed by atoms with Crippen molar-refractivity contribution in [1.29, 1.82) is 0 Å². The lowest BCUT2D eigenvalue weighted by Gasteiger charge is -2.31. The first-order chi connectivity index (χ1) is 9.64. The van der Waals surface area contributed by atoms with Crippen molar-refractivity contribution in [3.8, 4) is 5.75 Å². The summed E-state index contributed by atoms with van der Waals surface area (Å²) < 4.78 is 5.58. The maximum atomic E-state index is 12.2. The fraction of sp³-hybridized carbons (Fsp3) is 0.500. The van der Waals surface area contributed by atoms with Crippen LogP contribution < -0.4 is 4.74 Å². The molecule has 116 valence electrons. The van der Waals surface area contributed by atoms with Gasteiger partial charge >= 0.3 is 5.97 Å². The molecule has 1 aromatic rings. The van der Waals surface area contributed by atoms with Crippen molar-refractivity contribution in [2.24, 2.45) is 0 Å². The Hall–Kier alpha value is -2.04. The van der Waals surface area contributed by atoms with E-state index < -0.39 is 11.5 Å².